The van der Waals surface area contributed by atoms with Gasteiger partial charge in [-0.05, 0) is 179 Å². The predicted molar refractivity (Wildman–Crippen MR) is 392 cm³/mol. The lowest BCUT2D eigenvalue weighted by molar-refractivity contribution is 0.590. The number of benzene rings is 12. The smallest absolute Gasteiger partial charge is 0.252 e. The Balaban J connectivity index is 0.977. The van der Waals surface area contributed by atoms with E-state index in [-0.39, 0.29) is 28.4 Å². The van der Waals surface area contributed by atoms with Crippen LogP contribution in [0.3, 0.4) is 0 Å². The molecule has 3 aliphatic rings. The van der Waals surface area contributed by atoms with Crippen LogP contribution in [0.1, 0.15) is 104 Å². The highest BCUT2D eigenvalue weighted by Gasteiger charge is 2.46. The van der Waals surface area contributed by atoms with E-state index in [0.29, 0.717) is 0 Å². The van der Waals surface area contributed by atoms with Crippen molar-refractivity contribution in [1.82, 2.24) is 0 Å². The first-order valence-electron chi connectivity index (χ1n) is 32.8. The molecule has 92 heavy (non-hydrogen) atoms. The van der Waals surface area contributed by atoms with E-state index in [9.17, 15) is 0 Å². The molecule has 4 nitrogen and oxygen atoms in total. The minimum atomic E-state index is -0.225. The Morgan fingerprint density at radius 2 is 0.935 bits per heavy atom. The van der Waals surface area contributed by atoms with E-state index in [4.69, 9.17) is 4.42 Å². The molecule has 12 aromatic carbocycles. The van der Waals surface area contributed by atoms with Gasteiger partial charge >= 0.3 is 0 Å². The Hall–Kier alpha value is -10.1. The summed E-state index contributed by atoms with van der Waals surface area (Å²) >= 11 is 0. The van der Waals surface area contributed by atoms with Gasteiger partial charge < -0.3 is 19.1 Å². The first-order valence-corrected chi connectivity index (χ1v) is 32.8. The van der Waals surface area contributed by atoms with Crippen LogP contribution in [0.25, 0.3) is 66.4 Å². The summed E-state index contributed by atoms with van der Waals surface area (Å²) in [5, 5.41) is 2.24. The maximum Gasteiger partial charge on any atom is 0.252 e. The van der Waals surface area contributed by atoms with E-state index >= 15 is 0 Å². The molecule has 0 N–H and O–H groups in total. The van der Waals surface area contributed by atoms with Crippen LogP contribution in [-0.4, -0.2) is 6.71 Å². The lowest BCUT2D eigenvalue weighted by Gasteiger charge is -2.45. The molecule has 1 aromatic heterocycles. The van der Waals surface area contributed by atoms with Crippen molar-refractivity contribution in [3.63, 3.8) is 0 Å². The quantitative estimate of drug-likeness (QED) is 0.141. The number of hydrogen-bond donors (Lipinski definition) is 0. The number of nitrogens with zero attached hydrogens (tertiary/aromatic N) is 3. The van der Waals surface area contributed by atoms with Gasteiger partial charge in [-0.3, -0.25) is 0 Å². The molecular formula is C87H76BN3O. The Bertz CT molecular complexity index is 5070. The fraction of sp³-hybridized carbons (Fsp3) is 0.172. The summed E-state index contributed by atoms with van der Waals surface area (Å²) in [7, 11) is 0. The predicted octanol–water partition coefficient (Wildman–Crippen LogP) is 22.3. The third-order valence-electron chi connectivity index (χ3n) is 20.1. The number of fused-ring (bicyclic) bond motifs is 10. The summed E-state index contributed by atoms with van der Waals surface area (Å²) in [6.45, 7) is 25.6. The summed E-state index contributed by atoms with van der Waals surface area (Å²) in [6, 6.07) is 98.5. The summed E-state index contributed by atoms with van der Waals surface area (Å²) in [5.41, 5.74) is 31.4. The molecular weight excluding hydrogens is 1110 g/mol. The van der Waals surface area contributed by atoms with Gasteiger partial charge in [0.05, 0.1) is 5.69 Å². The molecule has 0 saturated heterocycles. The molecule has 3 heterocycles. The lowest BCUT2D eigenvalue weighted by Crippen LogP contribution is -2.61. The molecule has 0 radical (unpaired) electrons. The van der Waals surface area contributed by atoms with Crippen LogP contribution >= 0.6 is 0 Å². The first-order chi connectivity index (χ1) is 44.3. The van der Waals surface area contributed by atoms with Gasteiger partial charge in [0.15, 0.2) is 0 Å². The van der Waals surface area contributed by atoms with Crippen LogP contribution < -0.4 is 31.1 Å². The molecule has 0 amide bonds. The van der Waals surface area contributed by atoms with Gasteiger partial charge in [-0.2, -0.15) is 0 Å². The van der Waals surface area contributed by atoms with Crippen molar-refractivity contribution in [2.24, 2.45) is 0 Å². The fourth-order valence-electron chi connectivity index (χ4n) is 15.1. The van der Waals surface area contributed by atoms with Crippen LogP contribution in [0.5, 0.6) is 0 Å². The van der Waals surface area contributed by atoms with Gasteiger partial charge in [0.2, 0.25) is 0 Å². The number of para-hydroxylation sites is 2. The van der Waals surface area contributed by atoms with Crippen molar-refractivity contribution in [2.45, 2.75) is 97.8 Å². The second-order valence-electron chi connectivity index (χ2n) is 29.4. The maximum atomic E-state index is 6.70. The topological polar surface area (TPSA) is 22.9 Å². The van der Waals surface area contributed by atoms with Gasteiger partial charge in [-0.25, -0.2) is 0 Å². The molecule has 0 unspecified atom stereocenters. The Morgan fingerprint density at radius 1 is 0.359 bits per heavy atom. The summed E-state index contributed by atoms with van der Waals surface area (Å²) in [6.07, 6.45) is 0. The number of furan rings is 1. The number of rotatable bonds is 8. The second-order valence-corrected chi connectivity index (χ2v) is 29.4. The molecule has 13 aromatic rings. The minimum Gasteiger partial charge on any atom is -0.455 e. The molecule has 0 fully saturated rings. The Labute approximate surface area is 543 Å². The minimum absolute atomic E-state index is 0.0270. The summed E-state index contributed by atoms with van der Waals surface area (Å²) in [5.74, 6) is 0. The molecule has 0 saturated carbocycles. The molecule has 2 aliphatic heterocycles. The van der Waals surface area contributed by atoms with Crippen molar-refractivity contribution in [1.29, 1.82) is 0 Å². The van der Waals surface area contributed by atoms with Gasteiger partial charge in [-0.1, -0.05) is 252 Å². The molecule has 0 spiro atoms. The zero-order valence-electron chi connectivity index (χ0n) is 54.7. The Kier molecular flexibility index (Phi) is 13.0. The maximum absolute atomic E-state index is 6.70. The fourth-order valence-corrected chi connectivity index (χ4v) is 15.1. The van der Waals surface area contributed by atoms with E-state index < -0.39 is 0 Å². The van der Waals surface area contributed by atoms with Crippen molar-refractivity contribution in [3.05, 3.63) is 289 Å². The van der Waals surface area contributed by atoms with E-state index in [1.807, 2.05) is 0 Å². The highest BCUT2D eigenvalue weighted by Crippen LogP contribution is 2.54. The molecule has 16 rings (SSSR count). The van der Waals surface area contributed by atoms with Crippen molar-refractivity contribution in [3.8, 4) is 44.5 Å². The van der Waals surface area contributed by atoms with Crippen LogP contribution in [0.4, 0.5) is 51.2 Å². The number of anilines is 9. The molecule has 0 atom stereocenters. The average Bonchev–Trinajstić information content (AvgIpc) is 0.810. The summed E-state index contributed by atoms with van der Waals surface area (Å²) in [4.78, 5) is 7.72. The molecule has 5 heteroatoms. The van der Waals surface area contributed by atoms with Crippen LogP contribution in [0, 0.1) is 0 Å². The van der Waals surface area contributed by atoms with E-state index in [1.165, 1.54) is 94.6 Å². The zero-order chi connectivity index (χ0) is 63.2. The molecule has 448 valence electrons. The van der Waals surface area contributed by atoms with E-state index in [0.717, 1.165) is 67.2 Å². The van der Waals surface area contributed by atoms with E-state index in [1.54, 1.807) is 0 Å². The van der Waals surface area contributed by atoms with Gasteiger partial charge in [0.25, 0.3) is 6.71 Å². The molecule has 0 bridgehead atoms. The largest absolute Gasteiger partial charge is 0.455 e. The van der Waals surface area contributed by atoms with Gasteiger partial charge in [0, 0.05) is 72.8 Å². The SMILES string of the molecule is CC(C)(C)c1ccc(N(c2ccc3c(c2)N(c2ccc(-c4cccc5c4oc4ccccc45)cc2)c2cc(C(C)(C)C)cc4c2B3c2cc(-c3ccccc3)ccc2N4c2ccc3c(c2)C(C)(C)c2ccccc2-3)c2ccc(C(C)(C)C)cc2-c2ccccc2)cc1. The molecule has 1 aliphatic carbocycles. The second kappa shape index (κ2) is 21.0. The highest BCUT2D eigenvalue weighted by molar-refractivity contribution is 7.00. The first kappa shape index (κ1) is 57.1. The van der Waals surface area contributed by atoms with Crippen LogP contribution in [0.2, 0.25) is 0 Å². The lowest BCUT2D eigenvalue weighted by atomic mass is 9.33. The average molecular weight is 1190 g/mol. The monoisotopic (exact) mass is 1190 g/mol. The van der Waals surface area contributed by atoms with Crippen LogP contribution in [0.15, 0.2) is 265 Å². The highest BCUT2D eigenvalue weighted by atomic mass is 16.3. The third kappa shape index (κ3) is 9.25. The van der Waals surface area contributed by atoms with E-state index in [2.05, 4.69) is 352 Å². The standard InChI is InChI=1S/C87H76BN3O/c1-84(2,3)59-36-41-62(42-37-59)89(76-48-38-60(85(4,5)6)50-71(76)56-25-16-13-17-26-56)65-44-46-74-78(54-65)90(63-39-33-57(34-40-63)66-29-22-30-70-69-28-19-21-32-81(69)92-83(66)70)79-51-61(86(7,8)9)52-80-82(79)88(74)75-49-58(55-23-14-12-15-24-55)35-47-77(75)91(80)64-43-45-68-67-27-18-20-31-72(67)87(10,11)73(68)53-64/h12-54H,1-11H3. The zero-order valence-corrected chi connectivity index (χ0v) is 54.7. The Morgan fingerprint density at radius 3 is 1.65 bits per heavy atom. The van der Waals surface area contributed by atoms with Gasteiger partial charge in [0.1, 0.15) is 11.2 Å². The van der Waals surface area contributed by atoms with Crippen LogP contribution in [-0.2, 0) is 21.7 Å². The van der Waals surface area contributed by atoms with Crippen molar-refractivity contribution in [2.75, 3.05) is 14.7 Å². The van der Waals surface area contributed by atoms with Gasteiger partial charge in [-0.15, -0.1) is 0 Å². The van der Waals surface area contributed by atoms with Crippen molar-refractivity contribution >= 4 is 96.2 Å². The third-order valence-corrected chi connectivity index (χ3v) is 20.1. The number of hydrogen-bond acceptors (Lipinski definition) is 4. The summed E-state index contributed by atoms with van der Waals surface area (Å²) < 4.78 is 6.70. The van der Waals surface area contributed by atoms with Crippen molar-refractivity contribution < 1.29 is 4.42 Å². The normalized spacial score (nSPS) is 13.8.